The van der Waals surface area contributed by atoms with Gasteiger partial charge in [-0.1, -0.05) is 0 Å². The second-order valence-electron chi connectivity index (χ2n) is 7.12. The van der Waals surface area contributed by atoms with E-state index in [1.54, 1.807) is 52.8 Å². The van der Waals surface area contributed by atoms with Gasteiger partial charge in [-0.15, -0.1) is 0 Å². The van der Waals surface area contributed by atoms with Crippen molar-refractivity contribution in [3.05, 3.63) is 23.8 Å². The largest absolute Gasteiger partial charge is 0.444 e. The van der Waals surface area contributed by atoms with Gasteiger partial charge in [-0.25, -0.2) is 13.2 Å². The molecule has 0 aromatic heterocycles. The second-order valence-corrected chi connectivity index (χ2v) is 9.13. The molecule has 27 heavy (non-hydrogen) atoms. The van der Waals surface area contributed by atoms with Crippen LogP contribution in [0.1, 0.15) is 46.1 Å². The summed E-state index contributed by atoms with van der Waals surface area (Å²) in [6.07, 6.45) is 0.195. The molecule has 0 unspecified atom stereocenters. The van der Waals surface area contributed by atoms with Crippen molar-refractivity contribution in [2.75, 3.05) is 22.3 Å². The van der Waals surface area contributed by atoms with E-state index in [4.69, 9.17) is 4.74 Å². The summed E-state index contributed by atoms with van der Waals surface area (Å²) in [6, 6.07) is 4.95. The second kappa shape index (κ2) is 9.59. The maximum atomic E-state index is 12.0. The molecule has 0 atom stereocenters. The molecular formula is C18H29N3O5S. The van der Waals surface area contributed by atoms with E-state index >= 15 is 0 Å². The summed E-state index contributed by atoms with van der Waals surface area (Å²) in [5.74, 6) is -0.204. The number of hydrogen-bond donors (Lipinski definition) is 3. The lowest BCUT2D eigenvalue weighted by atomic mass is 10.2. The van der Waals surface area contributed by atoms with Crippen molar-refractivity contribution >= 4 is 33.4 Å². The first-order valence-electron chi connectivity index (χ1n) is 8.79. The van der Waals surface area contributed by atoms with Crippen molar-refractivity contribution in [2.24, 2.45) is 0 Å². The fraction of sp³-hybridized carbons (Fsp3) is 0.556. The Morgan fingerprint density at radius 1 is 1.19 bits per heavy atom. The molecule has 0 heterocycles. The molecule has 1 rings (SSSR count). The minimum absolute atomic E-state index is 0.0116. The number of aryl methyl sites for hydroxylation is 1. The lowest BCUT2D eigenvalue weighted by molar-refractivity contribution is -0.116. The van der Waals surface area contributed by atoms with Crippen LogP contribution in [0.2, 0.25) is 0 Å². The van der Waals surface area contributed by atoms with Crippen LogP contribution in [0.4, 0.5) is 16.2 Å². The number of carbonyl (C=O) groups is 2. The Morgan fingerprint density at radius 3 is 2.41 bits per heavy atom. The predicted octanol–water partition coefficient (Wildman–Crippen LogP) is 3.00. The standard InChI is InChI=1S/C18H29N3O5S/c1-6-27(24,25)21-15-10-9-14(12-13(15)2)20-16(22)8-7-11-19-17(23)26-18(3,4)5/h9-10,12,21H,6-8,11H2,1-5H3,(H,19,23)(H,20,22). The Hall–Kier alpha value is -2.29. The number of ether oxygens (including phenoxy) is 1. The minimum Gasteiger partial charge on any atom is -0.444 e. The zero-order chi connectivity index (χ0) is 20.7. The molecule has 2 amide bonds. The molecule has 0 aliphatic carbocycles. The Balaban J connectivity index is 2.45. The highest BCUT2D eigenvalue weighted by Gasteiger charge is 2.15. The predicted molar refractivity (Wildman–Crippen MR) is 106 cm³/mol. The number of hydrogen-bond acceptors (Lipinski definition) is 5. The highest BCUT2D eigenvalue weighted by molar-refractivity contribution is 7.92. The SMILES string of the molecule is CCS(=O)(=O)Nc1ccc(NC(=O)CCCNC(=O)OC(C)(C)C)cc1C. The van der Waals surface area contributed by atoms with E-state index in [9.17, 15) is 18.0 Å². The molecule has 0 saturated heterocycles. The number of anilines is 2. The van der Waals surface area contributed by atoms with E-state index in [0.29, 0.717) is 29.9 Å². The molecule has 0 radical (unpaired) electrons. The van der Waals surface area contributed by atoms with Gasteiger partial charge in [0.05, 0.1) is 11.4 Å². The number of rotatable bonds is 8. The molecule has 8 nitrogen and oxygen atoms in total. The normalized spacial score (nSPS) is 11.6. The Kier molecular flexibility index (Phi) is 8.08. The molecule has 9 heteroatoms. The lowest BCUT2D eigenvalue weighted by Crippen LogP contribution is -2.33. The Morgan fingerprint density at radius 2 is 1.85 bits per heavy atom. The van der Waals surface area contributed by atoms with E-state index in [-0.39, 0.29) is 18.1 Å². The maximum absolute atomic E-state index is 12.0. The van der Waals surface area contributed by atoms with Gasteiger partial charge < -0.3 is 15.4 Å². The fourth-order valence-electron chi connectivity index (χ4n) is 2.07. The smallest absolute Gasteiger partial charge is 0.407 e. The summed E-state index contributed by atoms with van der Waals surface area (Å²) < 4.78 is 30.9. The van der Waals surface area contributed by atoms with Gasteiger partial charge in [0.15, 0.2) is 0 Å². The zero-order valence-corrected chi connectivity index (χ0v) is 17.3. The van der Waals surface area contributed by atoms with Crippen molar-refractivity contribution < 1.29 is 22.7 Å². The quantitative estimate of drug-likeness (QED) is 0.582. The summed E-state index contributed by atoms with van der Waals surface area (Å²) in [5, 5.41) is 5.35. The van der Waals surface area contributed by atoms with Gasteiger partial charge in [0.25, 0.3) is 0 Å². The van der Waals surface area contributed by atoms with Gasteiger partial charge in [-0.2, -0.15) is 0 Å². The summed E-state index contributed by atoms with van der Waals surface area (Å²) in [5.41, 5.74) is 1.21. The molecule has 0 fully saturated rings. The Bertz CT molecular complexity index is 770. The molecule has 152 valence electrons. The fourth-order valence-corrected chi connectivity index (χ4v) is 2.78. The van der Waals surface area contributed by atoms with Crippen LogP contribution in [-0.2, 0) is 19.6 Å². The molecule has 0 aliphatic rings. The van der Waals surface area contributed by atoms with Crippen LogP contribution in [0.5, 0.6) is 0 Å². The molecule has 1 aromatic rings. The topological polar surface area (TPSA) is 114 Å². The monoisotopic (exact) mass is 399 g/mol. The van der Waals surface area contributed by atoms with Crippen LogP contribution in [-0.4, -0.2) is 38.3 Å². The van der Waals surface area contributed by atoms with Gasteiger partial charge in [-0.3, -0.25) is 9.52 Å². The van der Waals surface area contributed by atoms with Crippen LogP contribution in [0, 0.1) is 6.92 Å². The molecule has 0 aliphatic heterocycles. The van der Waals surface area contributed by atoms with E-state index in [1.807, 2.05) is 0 Å². The number of sulfonamides is 1. The van der Waals surface area contributed by atoms with Crippen LogP contribution in [0.15, 0.2) is 18.2 Å². The van der Waals surface area contributed by atoms with Crippen molar-refractivity contribution in [1.82, 2.24) is 5.32 Å². The van der Waals surface area contributed by atoms with Gasteiger partial charge >= 0.3 is 6.09 Å². The van der Waals surface area contributed by atoms with Crippen LogP contribution >= 0.6 is 0 Å². The van der Waals surface area contributed by atoms with E-state index in [0.717, 1.165) is 0 Å². The average molecular weight is 400 g/mol. The third kappa shape index (κ3) is 9.28. The van der Waals surface area contributed by atoms with Gasteiger partial charge in [0, 0.05) is 18.7 Å². The first-order chi connectivity index (χ1) is 12.4. The summed E-state index contributed by atoms with van der Waals surface area (Å²) in [4.78, 5) is 23.5. The number of amides is 2. The molecule has 3 N–H and O–H groups in total. The molecule has 0 bridgehead atoms. The third-order valence-corrected chi connectivity index (χ3v) is 4.70. The average Bonchev–Trinajstić information content (AvgIpc) is 2.52. The zero-order valence-electron chi connectivity index (χ0n) is 16.5. The summed E-state index contributed by atoms with van der Waals surface area (Å²) in [7, 11) is -3.35. The molecule has 1 aromatic carbocycles. The number of carbonyl (C=O) groups excluding carboxylic acids is 2. The van der Waals surface area contributed by atoms with Crippen molar-refractivity contribution in [3.8, 4) is 0 Å². The maximum Gasteiger partial charge on any atom is 0.407 e. The Labute approximate surface area is 161 Å². The molecule has 0 spiro atoms. The van der Waals surface area contributed by atoms with Crippen LogP contribution in [0.3, 0.4) is 0 Å². The van der Waals surface area contributed by atoms with Crippen molar-refractivity contribution in [3.63, 3.8) is 0 Å². The van der Waals surface area contributed by atoms with Crippen molar-refractivity contribution in [1.29, 1.82) is 0 Å². The van der Waals surface area contributed by atoms with Crippen LogP contribution in [0.25, 0.3) is 0 Å². The number of nitrogens with one attached hydrogen (secondary N) is 3. The van der Waals surface area contributed by atoms with Crippen LogP contribution < -0.4 is 15.4 Å². The lowest BCUT2D eigenvalue weighted by Gasteiger charge is -2.19. The van der Waals surface area contributed by atoms with Gasteiger partial charge in [0.1, 0.15) is 5.60 Å². The number of alkyl carbamates (subject to hydrolysis) is 1. The minimum atomic E-state index is -3.35. The molecule has 0 saturated carbocycles. The van der Waals surface area contributed by atoms with E-state index < -0.39 is 21.7 Å². The highest BCUT2D eigenvalue weighted by Crippen LogP contribution is 2.21. The highest BCUT2D eigenvalue weighted by atomic mass is 32.2. The van der Waals surface area contributed by atoms with Crippen molar-refractivity contribution in [2.45, 2.75) is 53.1 Å². The third-order valence-electron chi connectivity index (χ3n) is 3.40. The summed E-state index contributed by atoms with van der Waals surface area (Å²) >= 11 is 0. The van der Waals surface area contributed by atoms with E-state index in [2.05, 4.69) is 15.4 Å². The summed E-state index contributed by atoms with van der Waals surface area (Å²) in [6.45, 7) is 8.98. The number of benzene rings is 1. The van der Waals surface area contributed by atoms with E-state index in [1.165, 1.54) is 0 Å². The van der Waals surface area contributed by atoms with Gasteiger partial charge in [-0.05, 0) is 64.8 Å². The first kappa shape index (κ1) is 22.8. The molecular weight excluding hydrogens is 370 g/mol. The van der Waals surface area contributed by atoms with Gasteiger partial charge in [0.2, 0.25) is 15.9 Å². The first-order valence-corrected chi connectivity index (χ1v) is 10.4.